The van der Waals surface area contributed by atoms with Gasteiger partial charge in [0.1, 0.15) is 5.75 Å². The Balaban J connectivity index is 2.15. The second kappa shape index (κ2) is 7.68. The number of carbonyl (C=O) groups is 1. The Kier molecular flexibility index (Phi) is 6.10. The Hall–Kier alpha value is -1.55. The maximum atomic E-state index is 10.5. The molecule has 1 aromatic rings. The van der Waals surface area contributed by atoms with Gasteiger partial charge in [-0.2, -0.15) is 0 Å². The van der Waals surface area contributed by atoms with Crippen LogP contribution in [-0.2, 0) is 11.3 Å². The standard InChI is InChI=1S/C13H20N2O2/c1-17-12-6-4-5-11(9-12)10-15-8-3-2-7-13(14)16/h4-6,9,15H,2-3,7-8,10H2,1H3,(H2,14,16). The van der Waals surface area contributed by atoms with Crippen molar-refractivity contribution < 1.29 is 9.53 Å². The fourth-order valence-corrected chi connectivity index (χ4v) is 1.56. The number of hydrogen-bond acceptors (Lipinski definition) is 3. The average molecular weight is 236 g/mol. The first-order valence-corrected chi connectivity index (χ1v) is 5.84. The number of unbranched alkanes of at least 4 members (excludes halogenated alkanes) is 1. The molecule has 0 aromatic heterocycles. The molecule has 0 radical (unpaired) electrons. The van der Waals surface area contributed by atoms with E-state index in [2.05, 4.69) is 11.4 Å². The van der Waals surface area contributed by atoms with E-state index in [4.69, 9.17) is 10.5 Å². The maximum Gasteiger partial charge on any atom is 0.217 e. The van der Waals surface area contributed by atoms with Crippen LogP contribution in [0.5, 0.6) is 5.75 Å². The highest BCUT2D eigenvalue weighted by Gasteiger charge is 1.96. The first-order chi connectivity index (χ1) is 8.22. The molecule has 4 nitrogen and oxygen atoms in total. The topological polar surface area (TPSA) is 64.3 Å². The third-order valence-corrected chi connectivity index (χ3v) is 2.49. The van der Waals surface area contributed by atoms with Crippen molar-refractivity contribution in [1.29, 1.82) is 0 Å². The van der Waals surface area contributed by atoms with E-state index in [1.165, 1.54) is 5.56 Å². The number of methoxy groups -OCH3 is 1. The van der Waals surface area contributed by atoms with Crippen LogP contribution < -0.4 is 15.8 Å². The minimum Gasteiger partial charge on any atom is -0.497 e. The second-order valence-corrected chi connectivity index (χ2v) is 3.95. The fourth-order valence-electron chi connectivity index (χ4n) is 1.56. The molecule has 0 fully saturated rings. The van der Waals surface area contributed by atoms with Gasteiger partial charge in [-0.1, -0.05) is 12.1 Å². The van der Waals surface area contributed by atoms with Crippen LogP contribution in [0.1, 0.15) is 24.8 Å². The summed E-state index contributed by atoms with van der Waals surface area (Å²) in [6, 6.07) is 7.97. The molecule has 1 rings (SSSR count). The van der Waals surface area contributed by atoms with Gasteiger partial charge in [0.25, 0.3) is 0 Å². The van der Waals surface area contributed by atoms with E-state index in [-0.39, 0.29) is 5.91 Å². The lowest BCUT2D eigenvalue weighted by molar-refractivity contribution is -0.118. The Labute approximate surface area is 102 Å². The smallest absolute Gasteiger partial charge is 0.217 e. The van der Waals surface area contributed by atoms with E-state index < -0.39 is 0 Å². The van der Waals surface area contributed by atoms with Crippen molar-refractivity contribution in [2.75, 3.05) is 13.7 Å². The molecule has 1 aromatic carbocycles. The summed E-state index contributed by atoms with van der Waals surface area (Å²) in [5.74, 6) is 0.649. The summed E-state index contributed by atoms with van der Waals surface area (Å²) in [7, 11) is 1.66. The van der Waals surface area contributed by atoms with E-state index in [0.717, 1.165) is 31.7 Å². The molecule has 0 heterocycles. The van der Waals surface area contributed by atoms with Gasteiger partial charge in [-0.05, 0) is 37.1 Å². The minimum atomic E-state index is -0.224. The van der Waals surface area contributed by atoms with Gasteiger partial charge < -0.3 is 15.8 Å². The largest absolute Gasteiger partial charge is 0.497 e. The predicted molar refractivity (Wildman–Crippen MR) is 67.7 cm³/mol. The minimum absolute atomic E-state index is 0.224. The van der Waals surface area contributed by atoms with E-state index in [1.54, 1.807) is 7.11 Å². The lowest BCUT2D eigenvalue weighted by Crippen LogP contribution is -2.16. The van der Waals surface area contributed by atoms with Crippen molar-refractivity contribution in [2.45, 2.75) is 25.8 Å². The molecule has 4 heteroatoms. The van der Waals surface area contributed by atoms with Crippen molar-refractivity contribution in [3.63, 3.8) is 0 Å². The van der Waals surface area contributed by atoms with E-state index in [9.17, 15) is 4.79 Å². The van der Waals surface area contributed by atoms with Crippen LogP contribution in [0.3, 0.4) is 0 Å². The molecule has 94 valence electrons. The zero-order valence-electron chi connectivity index (χ0n) is 10.2. The number of nitrogens with one attached hydrogen (secondary N) is 1. The molecule has 0 aliphatic rings. The average Bonchev–Trinajstić information content (AvgIpc) is 2.33. The predicted octanol–water partition coefficient (Wildman–Crippen LogP) is 1.44. The van der Waals surface area contributed by atoms with Crippen molar-refractivity contribution in [2.24, 2.45) is 5.73 Å². The number of benzene rings is 1. The van der Waals surface area contributed by atoms with Crippen molar-refractivity contribution >= 4 is 5.91 Å². The first kappa shape index (κ1) is 13.5. The summed E-state index contributed by atoms with van der Waals surface area (Å²) in [6.45, 7) is 1.71. The zero-order chi connectivity index (χ0) is 12.5. The molecule has 0 unspecified atom stereocenters. The molecule has 3 N–H and O–H groups in total. The summed E-state index contributed by atoms with van der Waals surface area (Å²) >= 11 is 0. The zero-order valence-corrected chi connectivity index (χ0v) is 10.2. The van der Waals surface area contributed by atoms with Gasteiger partial charge in [-0.25, -0.2) is 0 Å². The van der Waals surface area contributed by atoms with Crippen LogP contribution in [0.15, 0.2) is 24.3 Å². The fraction of sp³-hybridized carbons (Fsp3) is 0.462. The highest BCUT2D eigenvalue weighted by atomic mass is 16.5. The van der Waals surface area contributed by atoms with Crippen LogP contribution in [0.4, 0.5) is 0 Å². The van der Waals surface area contributed by atoms with E-state index >= 15 is 0 Å². The Morgan fingerprint density at radius 3 is 2.94 bits per heavy atom. The van der Waals surface area contributed by atoms with Crippen molar-refractivity contribution in [1.82, 2.24) is 5.32 Å². The lowest BCUT2D eigenvalue weighted by atomic mass is 10.2. The third-order valence-electron chi connectivity index (χ3n) is 2.49. The van der Waals surface area contributed by atoms with Gasteiger partial charge in [-0.3, -0.25) is 4.79 Å². The third kappa shape index (κ3) is 5.92. The van der Waals surface area contributed by atoms with Crippen LogP contribution in [0.2, 0.25) is 0 Å². The summed E-state index contributed by atoms with van der Waals surface area (Å²) in [4.78, 5) is 10.5. The summed E-state index contributed by atoms with van der Waals surface area (Å²) in [5, 5.41) is 3.32. The summed E-state index contributed by atoms with van der Waals surface area (Å²) in [6.07, 6.45) is 2.29. The van der Waals surface area contributed by atoms with Gasteiger partial charge in [0, 0.05) is 13.0 Å². The molecule has 0 saturated heterocycles. The molecular formula is C13H20N2O2. The number of nitrogens with two attached hydrogens (primary N) is 1. The molecule has 0 atom stereocenters. The molecule has 0 aliphatic heterocycles. The van der Waals surface area contributed by atoms with E-state index in [0.29, 0.717) is 6.42 Å². The number of ether oxygens (including phenoxy) is 1. The normalized spacial score (nSPS) is 10.2. The van der Waals surface area contributed by atoms with Crippen LogP contribution in [0, 0.1) is 0 Å². The lowest BCUT2D eigenvalue weighted by Gasteiger charge is -2.06. The molecular weight excluding hydrogens is 216 g/mol. The van der Waals surface area contributed by atoms with Gasteiger partial charge in [0.05, 0.1) is 7.11 Å². The number of rotatable bonds is 8. The van der Waals surface area contributed by atoms with Gasteiger partial charge >= 0.3 is 0 Å². The molecule has 1 amide bonds. The molecule has 0 bridgehead atoms. The van der Waals surface area contributed by atoms with Crippen LogP contribution in [0.25, 0.3) is 0 Å². The quantitative estimate of drug-likeness (QED) is 0.671. The van der Waals surface area contributed by atoms with Crippen molar-refractivity contribution in [3.05, 3.63) is 29.8 Å². The Bertz CT molecular complexity index is 353. The summed E-state index contributed by atoms with van der Waals surface area (Å²) in [5.41, 5.74) is 6.25. The molecule has 0 aliphatic carbocycles. The number of primary amides is 1. The molecule has 0 spiro atoms. The summed E-state index contributed by atoms with van der Waals surface area (Å²) < 4.78 is 5.15. The number of hydrogen-bond donors (Lipinski definition) is 2. The van der Waals surface area contributed by atoms with Gasteiger partial charge in [-0.15, -0.1) is 0 Å². The molecule has 0 saturated carbocycles. The second-order valence-electron chi connectivity index (χ2n) is 3.95. The van der Waals surface area contributed by atoms with Crippen LogP contribution >= 0.6 is 0 Å². The SMILES string of the molecule is COc1cccc(CNCCCCC(N)=O)c1. The Morgan fingerprint density at radius 2 is 2.24 bits per heavy atom. The van der Waals surface area contributed by atoms with Crippen molar-refractivity contribution in [3.8, 4) is 5.75 Å². The van der Waals surface area contributed by atoms with Gasteiger partial charge in [0.2, 0.25) is 5.91 Å². The maximum absolute atomic E-state index is 10.5. The number of carbonyl (C=O) groups excluding carboxylic acids is 1. The van der Waals surface area contributed by atoms with Gasteiger partial charge in [0.15, 0.2) is 0 Å². The molecule has 17 heavy (non-hydrogen) atoms. The Morgan fingerprint density at radius 1 is 1.41 bits per heavy atom. The van der Waals surface area contributed by atoms with E-state index in [1.807, 2.05) is 18.2 Å². The first-order valence-electron chi connectivity index (χ1n) is 5.84. The number of amides is 1. The van der Waals surface area contributed by atoms with Crippen LogP contribution in [-0.4, -0.2) is 19.6 Å². The highest BCUT2D eigenvalue weighted by Crippen LogP contribution is 2.12. The monoisotopic (exact) mass is 236 g/mol. The highest BCUT2D eigenvalue weighted by molar-refractivity contribution is 5.73.